The third-order valence-corrected chi connectivity index (χ3v) is 3.47. The minimum atomic E-state index is -0.352. The molecule has 1 saturated carbocycles. The van der Waals surface area contributed by atoms with E-state index in [1.54, 1.807) is 18.2 Å². The summed E-state index contributed by atoms with van der Waals surface area (Å²) in [6.45, 7) is 5.10. The molecule has 17 heavy (non-hydrogen) atoms. The SMILES string of the molecule is Cc1ccc([N+](=O)[O-])cc1NCC(C)C1CC1. The summed E-state index contributed by atoms with van der Waals surface area (Å²) in [5.74, 6) is 1.50. The smallest absolute Gasteiger partial charge is 0.271 e. The molecule has 1 aromatic carbocycles. The first-order valence-electron chi connectivity index (χ1n) is 6.07. The predicted molar refractivity (Wildman–Crippen MR) is 68.2 cm³/mol. The summed E-state index contributed by atoms with van der Waals surface area (Å²) in [4.78, 5) is 10.3. The average molecular weight is 234 g/mol. The molecule has 1 atom stereocenters. The monoisotopic (exact) mass is 234 g/mol. The molecule has 1 aromatic rings. The van der Waals surface area contributed by atoms with Gasteiger partial charge in [0.1, 0.15) is 0 Å². The molecule has 0 heterocycles. The minimum Gasteiger partial charge on any atom is -0.384 e. The molecule has 0 radical (unpaired) electrons. The standard InChI is InChI=1S/C13H18N2O2/c1-9-3-6-12(15(16)17)7-13(9)14-8-10(2)11-4-5-11/h3,6-7,10-11,14H,4-5,8H2,1-2H3. The van der Waals surface area contributed by atoms with Gasteiger partial charge in [0.15, 0.2) is 0 Å². The lowest BCUT2D eigenvalue weighted by Crippen LogP contribution is -2.13. The van der Waals surface area contributed by atoms with Gasteiger partial charge in [0.25, 0.3) is 5.69 Å². The van der Waals surface area contributed by atoms with Crippen LogP contribution >= 0.6 is 0 Å². The van der Waals surface area contributed by atoms with Crippen LogP contribution in [-0.2, 0) is 0 Å². The average Bonchev–Trinajstić information content (AvgIpc) is 3.11. The van der Waals surface area contributed by atoms with Crippen LogP contribution in [0.2, 0.25) is 0 Å². The number of benzene rings is 1. The highest BCUT2D eigenvalue weighted by Crippen LogP contribution is 2.36. The maximum Gasteiger partial charge on any atom is 0.271 e. The van der Waals surface area contributed by atoms with Gasteiger partial charge in [-0.25, -0.2) is 0 Å². The molecule has 0 bridgehead atoms. The Bertz CT molecular complexity index is 427. The van der Waals surface area contributed by atoms with Crippen LogP contribution in [0.15, 0.2) is 18.2 Å². The first kappa shape index (κ1) is 11.9. The normalized spacial score (nSPS) is 16.6. The lowest BCUT2D eigenvalue weighted by molar-refractivity contribution is -0.384. The number of nitro groups is 1. The van der Waals surface area contributed by atoms with E-state index in [-0.39, 0.29) is 10.6 Å². The molecule has 1 aliphatic carbocycles. The number of nitrogens with zero attached hydrogens (tertiary/aromatic N) is 1. The van der Waals surface area contributed by atoms with E-state index in [0.29, 0.717) is 5.92 Å². The van der Waals surface area contributed by atoms with Gasteiger partial charge in [0, 0.05) is 24.4 Å². The second-order valence-corrected chi connectivity index (χ2v) is 4.95. The molecule has 0 aromatic heterocycles. The molecule has 0 saturated heterocycles. The zero-order valence-electron chi connectivity index (χ0n) is 10.3. The lowest BCUT2D eigenvalue weighted by Gasteiger charge is -2.14. The van der Waals surface area contributed by atoms with Gasteiger partial charge in [-0.3, -0.25) is 10.1 Å². The van der Waals surface area contributed by atoms with Crippen LogP contribution in [0.5, 0.6) is 0 Å². The van der Waals surface area contributed by atoms with Gasteiger partial charge in [-0.2, -0.15) is 0 Å². The van der Waals surface area contributed by atoms with Crippen LogP contribution in [0.4, 0.5) is 11.4 Å². The van der Waals surface area contributed by atoms with Crippen LogP contribution in [0, 0.1) is 28.9 Å². The number of non-ortho nitro benzene ring substituents is 1. The van der Waals surface area contributed by atoms with Gasteiger partial charge in [-0.15, -0.1) is 0 Å². The summed E-state index contributed by atoms with van der Waals surface area (Å²) in [6, 6.07) is 4.96. The Kier molecular flexibility index (Phi) is 3.31. The molecule has 1 aliphatic rings. The van der Waals surface area contributed by atoms with Crippen molar-refractivity contribution in [2.24, 2.45) is 11.8 Å². The van der Waals surface area contributed by atoms with Crippen molar-refractivity contribution in [2.75, 3.05) is 11.9 Å². The molecule has 0 amide bonds. The summed E-state index contributed by atoms with van der Waals surface area (Å²) >= 11 is 0. The molecule has 2 rings (SSSR count). The quantitative estimate of drug-likeness (QED) is 0.627. The minimum absolute atomic E-state index is 0.150. The van der Waals surface area contributed by atoms with Crippen molar-refractivity contribution in [1.82, 2.24) is 0 Å². The Morgan fingerprint density at radius 1 is 1.53 bits per heavy atom. The molecule has 1 N–H and O–H groups in total. The first-order chi connectivity index (χ1) is 8.08. The molecule has 1 fully saturated rings. The topological polar surface area (TPSA) is 55.2 Å². The van der Waals surface area contributed by atoms with Gasteiger partial charge in [0.05, 0.1) is 4.92 Å². The van der Waals surface area contributed by atoms with Crippen molar-refractivity contribution in [2.45, 2.75) is 26.7 Å². The van der Waals surface area contributed by atoms with E-state index in [1.165, 1.54) is 12.8 Å². The number of rotatable bonds is 5. The summed E-state index contributed by atoms with van der Waals surface area (Å²) in [6.07, 6.45) is 2.66. The first-order valence-corrected chi connectivity index (χ1v) is 6.07. The highest BCUT2D eigenvalue weighted by atomic mass is 16.6. The number of hydrogen-bond acceptors (Lipinski definition) is 3. The zero-order chi connectivity index (χ0) is 12.4. The van der Waals surface area contributed by atoms with E-state index in [9.17, 15) is 10.1 Å². The highest BCUT2D eigenvalue weighted by Gasteiger charge is 2.27. The fraction of sp³-hybridized carbons (Fsp3) is 0.538. The zero-order valence-corrected chi connectivity index (χ0v) is 10.3. The van der Waals surface area contributed by atoms with Crippen LogP contribution in [0.3, 0.4) is 0 Å². The van der Waals surface area contributed by atoms with Crippen LogP contribution in [0.25, 0.3) is 0 Å². The van der Waals surface area contributed by atoms with Crippen LogP contribution in [0.1, 0.15) is 25.3 Å². The number of nitro benzene ring substituents is 1. The molecule has 4 nitrogen and oxygen atoms in total. The van der Waals surface area contributed by atoms with Crippen LogP contribution < -0.4 is 5.32 Å². The van der Waals surface area contributed by atoms with Gasteiger partial charge in [-0.1, -0.05) is 13.0 Å². The summed E-state index contributed by atoms with van der Waals surface area (Å²) in [5, 5.41) is 14.0. The maximum absolute atomic E-state index is 10.7. The molecule has 92 valence electrons. The number of hydrogen-bond donors (Lipinski definition) is 1. The van der Waals surface area contributed by atoms with Crippen LogP contribution in [-0.4, -0.2) is 11.5 Å². The summed E-state index contributed by atoms with van der Waals surface area (Å²) in [5.41, 5.74) is 2.09. The fourth-order valence-electron chi connectivity index (χ4n) is 2.02. The van der Waals surface area contributed by atoms with E-state index in [2.05, 4.69) is 12.2 Å². The fourth-order valence-corrected chi connectivity index (χ4v) is 2.02. The van der Waals surface area contributed by atoms with Crippen molar-refractivity contribution in [1.29, 1.82) is 0 Å². The molecular formula is C13H18N2O2. The number of nitrogens with one attached hydrogen (secondary N) is 1. The van der Waals surface area contributed by atoms with E-state index in [4.69, 9.17) is 0 Å². The lowest BCUT2D eigenvalue weighted by atomic mass is 10.1. The van der Waals surface area contributed by atoms with Gasteiger partial charge < -0.3 is 5.32 Å². The van der Waals surface area contributed by atoms with Crippen molar-refractivity contribution in [3.05, 3.63) is 33.9 Å². The van der Waals surface area contributed by atoms with E-state index in [0.717, 1.165) is 23.7 Å². The highest BCUT2D eigenvalue weighted by molar-refractivity contribution is 5.56. The third-order valence-electron chi connectivity index (χ3n) is 3.47. The Morgan fingerprint density at radius 2 is 2.24 bits per heavy atom. The van der Waals surface area contributed by atoms with Crippen molar-refractivity contribution >= 4 is 11.4 Å². The van der Waals surface area contributed by atoms with Crippen molar-refractivity contribution in [3.63, 3.8) is 0 Å². The van der Waals surface area contributed by atoms with E-state index in [1.807, 2.05) is 6.92 Å². The largest absolute Gasteiger partial charge is 0.384 e. The van der Waals surface area contributed by atoms with Crippen molar-refractivity contribution < 1.29 is 4.92 Å². The molecule has 0 spiro atoms. The maximum atomic E-state index is 10.7. The Labute approximate surface area is 101 Å². The molecule has 0 aliphatic heterocycles. The third kappa shape index (κ3) is 2.96. The summed E-state index contributed by atoms with van der Waals surface area (Å²) in [7, 11) is 0. The second-order valence-electron chi connectivity index (χ2n) is 4.95. The Hall–Kier alpha value is -1.58. The van der Waals surface area contributed by atoms with Crippen molar-refractivity contribution in [3.8, 4) is 0 Å². The molecule has 1 unspecified atom stereocenters. The van der Waals surface area contributed by atoms with Gasteiger partial charge >= 0.3 is 0 Å². The molecular weight excluding hydrogens is 216 g/mol. The predicted octanol–water partition coefficient (Wildman–Crippen LogP) is 3.36. The van der Waals surface area contributed by atoms with Gasteiger partial charge in [-0.05, 0) is 37.2 Å². The Morgan fingerprint density at radius 3 is 2.82 bits per heavy atom. The Balaban J connectivity index is 2.02. The number of aryl methyl sites for hydroxylation is 1. The number of anilines is 1. The van der Waals surface area contributed by atoms with Gasteiger partial charge in [0.2, 0.25) is 0 Å². The van der Waals surface area contributed by atoms with E-state index >= 15 is 0 Å². The summed E-state index contributed by atoms with van der Waals surface area (Å²) < 4.78 is 0. The second kappa shape index (κ2) is 4.73. The van der Waals surface area contributed by atoms with E-state index < -0.39 is 0 Å². The molecule has 4 heteroatoms.